The average molecular weight is 449 g/mol. The highest BCUT2D eigenvalue weighted by atomic mass is 16.6. The molecule has 1 aromatic heterocycles. The number of carbonyl (C=O) groups excluding carboxylic acids is 1. The molecule has 33 heavy (non-hydrogen) atoms. The van der Waals surface area contributed by atoms with E-state index in [0.29, 0.717) is 11.1 Å². The summed E-state index contributed by atoms with van der Waals surface area (Å²) >= 11 is 0. The molecule has 0 unspecified atom stereocenters. The van der Waals surface area contributed by atoms with Crippen LogP contribution in [0.5, 0.6) is 0 Å². The number of nitro benzene ring substituents is 3. The third kappa shape index (κ3) is 4.18. The first kappa shape index (κ1) is 21.0. The van der Waals surface area contributed by atoms with Crippen LogP contribution in [0.4, 0.5) is 22.7 Å². The Morgan fingerprint density at radius 1 is 0.818 bits per heavy atom. The highest BCUT2D eigenvalue weighted by Crippen LogP contribution is 2.32. The van der Waals surface area contributed by atoms with Crippen LogP contribution in [0, 0.1) is 30.3 Å². The molecule has 164 valence electrons. The van der Waals surface area contributed by atoms with Gasteiger partial charge in [-0.15, -0.1) is 0 Å². The van der Waals surface area contributed by atoms with Crippen molar-refractivity contribution in [2.45, 2.75) is 0 Å². The van der Waals surface area contributed by atoms with Gasteiger partial charge in [0.25, 0.3) is 23.0 Å². The predicted octanol–water partition coefficient (Wildman–Crippen LogP) is 4.47. The number of carbonyl (C=O) groups is 1. The Labute approximate surface area is 182 Å². The van der Waals surface area contributed by atoms with E-state index in [1.54, 1.807) is 18.2 Å². The van der Waals surface area contributed by atoms with E-state index in [2.05, 4.69) is 10.3 Å². The van der Waals surface area contributed by atoms with Crippen LogP contribution in [0.3, 0.4) is 0 Å². The van der Waals surface area contributed by atoms with Crippen molar-refractivity contribution in [2.24, 2.45) is 0 Å². The van der Waals surface area contributed by atoms with Gasteiger partial charge in [-0.3, -0.25) is 35.1 Å². The molecule has 13 nitrogen and oxygen atoms in total. The number of hydrogen-bond donors (Lipinski definition) is 1. The molecule has 0 bridgehead atoms. The number of amides is 1. The summed E-state index contributed by atoms with van der Waals surface area (Å²) in [6, 6.07) is 12.8. The number of hydrogen-bond acceptors (Lipinski definition) is 9. The molecule has 1 N–H and O–H groups in total. The van der Waals surface area contributed by atoms with Gasteiger partial charge in [-0.25, -0.2) is 4.98 Å². The molecule has 0 saturated carbocycles. The highest BCUT2D eigenvalue weighted by molar-refractivity contribution is 6.06. The minimum Gasteiger partial charge on any atom is -0.436 e. The first-order valence-corrected chi connectivity index (χ1v) is 9.12. The van der Waals surface area contributed by atoms with Crippen LogP contribution >= 0.6 is 0 Å². The second-order valence-electron chi connectivity index (χ2n) is 6.68. The number of rotatable bonds is 6. The number of para-hydroxylation sites is 1. The molecule has 13 heteroatoms. The number of aromatic nitrogens is 1. The van der Waals surface area contributed by atoms with Gasteiger partial charge in [0.05, 0.1) is 43.7 Å². The molecule has 0 aliphatic heterocycles. The predicted molar refractivity (Wildman–Crippen MR) is 114 cm³/mol. The van der Waals surface area contributed by atoms with Gasteiger partial charge in [0.15, 0.2) is 5.58 Å². The van der Waals surface area contributed by atoms with Crippen LogP contribution in [0.25, 0.3) is 22.6 Å². The normalized spacial score (nSPS) is 10.7. The van der Waals surface area contributed by atoms with Gasteiger partial charge in [0.2, 0.25) is 5.89 Å². The van der Waals surface area contributed by atoms with Crippen molar-refractivity contribution in [3.63, 3.8) is 0 Å². The van der Waals surface area contributed by atoms with Crippen LogP contribution in [0.1, 0.15) is 10.4 Å². The summed E-state index contributed by atoms with van der Waals surface area (Å²) in [6.45, 7) is 0. The fraction of sp³-hybridized carbons (Fsp3) is 0. The molecule has 4 aromatic rings. The standard InChI is InChI=1S/C20H11N5O8/c26-19(11-7-13(24(29)30)9-14(8-11)25(31)32)21-16-4-2-1-3-15(16)20-22-17-6-5-12(23(27)28)10-18(17)33-20/h1-10H,(H,21,26). The van der Waals surface area contributed by atoms with Crippen LogP contribution in [-0.4, -0.2) is 25.7 Å². The highest BCUT2D eigenvalue weighted by Gasteiger charge is 2.21. The molecule has 1 heterocycles. The second-order valence-corrected chi connectivity index (χ2v) is 6.68. The zero-order valence-electron chi connectivity index (χ0n) is 16.3. The summed E-state index contributed by atoms with van der Waals surface area (Å²) in [7, 11) is 0. The van der Waals surface area contributed by atoms with Crippen molar-refractivity contribution in [1.29, 1.82) is 0 Å². The molecule has 0 aliphatic rings. The first-order chi connectivity index (χ1) is 15.7. The topological polar surface area (TPSA) is 185 Å². The van der Waals surface area contributed by atoms with E-state index in [9.17, 15) is 35.1 Å². The van der Waals surface area contributed by atoms with Gasteiger partial charge in [0, 0.05) is 18.2 Å². The Morgan fingerprint density at radius 3 is 2.09 bits per heavy atom. The van der Waals surface area contributed by atoms with Crippen LogP contribution < -0.4 is 5.32 Å². The van der Waals surface area contributed by atoms with E-state index >= 15 is 0 Å². The summed E-state index contributed by atoms with van der Waals surface area (Å²) in [5.74, 6) is -0.771. The molecule has 4 rings (SSSR count). The van der Waals surface area contributed by atoms with Gasteiger partial charge in [-0.1, -0.05) is 12.1 Å². The lowest BCUT2D eigenvalue weighted by Crippen LogP contribution is -2.13. The summed E-state index contributed by atoms with van der Waals surface area (Å²) in [6.07, 6.45) is 0. The molecule has 0 saturated heterocycles. The summed E-state index contributed by atoms with van der Waals surface area (Å²) in [4.78, 5) is 47.9. The van der Waals surface area contributed by atoms with Crippen molar-refractivity contribution >= 4 is 39.8 Å². The molecule has 0 radical (unpaired) electrons. The number of nitro groups is 3. The van der Waals surface area contributed by atoms with Gasteiger partial charge >= 0.3 is 0 Å². The quantitative estimate of drug-likeness (QED) is 0.327. The maximum Gasteiger partial charge on any atom is 0.277 e. The lowest BCUT2D eigenvalue weighted by atomic mass is 10.1. The Bertz CT molecular complexity index is 1430. The molecule has 0 aliphatic carbocycles. The van der Waals surface area contributed by atoms with E-state index in [0.717, 1.165) is 18.2 Å². The average Bonchev–Trinajstić information content (AvgIpc) is 3.22. The maximum absolute atomic E-state index is 12.8. The molecular formula is C20H11N5O8. The smallest absolute Gasteiger partial charge is 0.277 e. The van der Waals surface area contributed by atoms with E-state index in [-0.39, 0.29) is 28.4 Å². The number of nitrogens with one attached hydrogen (secondary N) is 1. The number of anilines is 1. The van der Waals surface area contributed by atoms with Gasteiger partial charge in [-0.2, -0.15) is 0 Å². The van der Waals surface area contributed by atoms with Crippen molar-refractivity contribution in [3.8, 4) is 11.5 Å². The number of oxazole rings is 1. The van der Waals surface area contributed by atoms with E-state index < -0.39 is 32.1 Å². The number of nitrogens with zero attached hydrogens (tertiary/aromatic N) is 4. The monoisotopic (exact) mass is 449 g/mol. The fourth-order valence-corrected chi connectivity index (χ4v) is 3.05. The Balaban J connectivity index is 1.71. The zero-order chi connectivity index (χ0) is 23.7. The number of fused-ring (bicyclic) bond motifs is 1. The number of non-ortho nitro benzene ring substituents is 3. The lowest BCUT2D eigenvalue weighted by Gasteiger charge is -2.09. The molecular weight excluding hydrogens is 438 g/mol. The Kier molecular flexibility index (Phi) is 5.19. The fourth-order valence-electron chi connectivity index (χ4n) is 3.05. The zero-order valence-corrected chi connectivity index (χ0v) is 16.3. The maximum atomic E-state index is 12.8. The van der Waals surface area contributed by atoms with Crippen molar-refractivity contribution in [2.75, 3.05) is 5.32 Å². The van der Waals surface area contributed by atoms with E-state index in [1.807, 2.05) is 0 Å². The third-order valence-electron chi connectivity index (χ3n) is 4.57. The summed E-state index contributed by atoms with van der Waals surface area (Å²) in [5.41, 5.74) is -0.646. The van der Waals surface area contributed by atoms with Gasteiger partial charge < -0.3 is 9.73 Å². The van der Waals surface area contributed by atoms with E-state index in [4.69, 9.17) is 4.42 Å². The molecule has 0 atom stereocenters. The first-order valence-electron chi connectivity index (χ1n) is 9.12. The van der Waals surface area contributed by atoms with Crippen molar-refractivity contribution in [3.05, 3.63) is 96.6 Å². The third-order valence-corrected chi connectivity index (χ3v) is 4.57. The second kappa shape index (κ2) is 8.14. The number of benzene rings is 3. The molecule has 1 amide bonds. The molecule has 0 spiro atoms. The SMILES string of the molecule is O=C(Nc1ccccc1-c1nc2ccc([N+](=O)[O-])cc2o1)c1cc([N+](=O)[O-])cc([N+](=O)[O-])c1. The molecule has 3 aromatic carbocycles. The minimum atomic E-state index is -0.838. The van der Waals surface area contributed by atoms with Gasteiger partial charge in [0.1, 0.15) is 5.52 Å². The van der Waals surface area contributed by atoms with Gasteiger partial charge in [-0.05, 0) is 18.2 Å². The minimum absolute atomic E-state index is 0.0615. The van der Waals surface area contributed by atoms with Crippen LogP contribution in [-0.2, 0) is 0 Å². The Hall–Kier alpha value is -5.20. The van der Waals surface area contributed by atoms with Crippen molar-refractivity contribution < 1.29 is 24.0 Å². The Morgan fingerprint density at radius 2 is 1.45 bits per heavy atom. The summed E-state index contributed by atoms with van der Waals surface area (Å²) < 4.78 is 5.63. The lowest BCUT2D eigenvalue weighted by molar-refractivity contribution is -0.394. The van der Waals surface area contributed by atoms with Crippen LogP contribution in [0.2, 0.25) is 0 Å². The van der Waals surface area contributed by atoms with E-state index in [1.165, 1.54) is 24.3 Å². The van der Waals surface area contributed by atoms with Crippen LogP contribution in [0.15, 0.2) is 65.1 Å². The summed E-state index contributed by atoms with van der Waals surface area (Å²) in [5, 5.41) is 35.7. The largest absolute Gasteiger partial charge is 0.436 e. The van der Waals surface area contributed by atoms with Crippen molar-refractivity contribution in [1.82, 2.24) is 4.98 Å². The molecule has 0 fully saturated rings.